The van der Waals surface area contributed by atoms with Crippen LogP contribution in [-0.4, -0.2) is 37.7 Å². The van der Waals surface area contributed by atoms with E-state index in [1.165, 1.54) is 0 Å². The van der Waals surface area contributed by atoms with Gasteiger partial charge in [-0.05, 0) is 55.2 Å². The summed E-state index contributed by atoms with van der Waals surface area (Å²) in [5, 5.41) is 8.83. The van der Waals surface area contributed by atoms with E-state index in [1.54, 1.807) is 24.3 Å². The SMILES string of the molecule is CC(C)CC(=O)Nc1ccc(NC(=O)CNc2ccccc2OCC2CCCO2)cc1. The van der Waals surface area contributed by atoms with Crippen LogP contribution in [0.4, 0.5) is 17.1 Å². The number of carbonyl (C=O) groups is 2. The van der Waals surface area contributed by atoms with Crippen molar-refractivity contribution in [3.05, 3.63) is 48.5 Å². The van der Waals surface area contributed by atoms with E-state index in [0.29, 0.717) is 36.1 Å². The number of benzene rings is 2. The lowest BCUT2D eigenvalue weighted by Crippen LogP contribution is -2.22. The molecule has 0 aliphatic carbocycles. The van der Waals surface area contributed by atoms with Gasteiger partial charge >= 0.3 is 0 Å². The zero-order valence-corrected chi connectivity index (χ0v) is 18.1. The largest absolute Gasteiger partial charge is 0.489 e. The predicted octanol–water partition coefficient (Wildman–Crippen LogP) is 4.28. The van der Waals surface area contributed by atoms with Gasteiger partial charge in [0.05, 0.1) is 18.3 Å². The third-order valence-electron chi connectivity index (χ3n) is 4.82. The molecule has 7 nitrogen and oxygen atoms in total. The molecular formula is C24H31N3O4. The van der Waals surface area contributed by atoms with Crippen LogP contribution in [0.5, 0.6) is 5.75 Å². The summed E-state index contributed by atoms with van der Waals surface area (Å²) < 4.78 is 11.5. The van der Waals surface area contributed by atoms with Crippen LogP contribution < -0.4 is 20.7 Å². The highest BCUT2D eigenvalue weighted by molar-refractivity contribution is 5.95. The van der Waals surface area contributed by atoms with Crippen molar-refractivity contribution in [2.24, 2.45) is 5.92 Å². The second-order valence-electron chi connectivity index (χ2n) is 8.07. The summed E-state index contributed by atoms with van der Waals surface area (Å²) >= 11 is 0. The predicted molar refractivity (Wildman–Crippen MR) is 123 cm³/mol. The number of amides is 2. The first-order chi connectivity index (χ1) is 15.0. The van der Waals surface area contributed by atoms with Gasteiger partial charge in [0.25, 0.3) is 0 Å². The third kappa shape index (κ3) is 7.61. The molecule has 0 aromatic heterocycles. The molecule has 1 saturated heterocycles. The topological polar surface area (TPSA) is 88.7 Å². The van der Waals surface area contributed by atoms with Crippen LogP contribution in [0.1, 0.15) is 33.1 Å². The monoisotopic (exact) mass is 425 g/mol. The quantitative estimate of drug-likeness (QED) is 0.529. The Bertz CT molecular complexity index is 861. The number of rotatable bonds is 10. The molecule has 31 heavy (non-hydrogen) atoms. The Morgan fingerprint density at radius 1 is 1.03 bits per heavy atom. The van der Waals surface area contributed by atoms with Crippen molar-refractivity contribution in [3.63, 3.8) is 0 Å². The molecule has 166 valence electrons. The van der Waals surface area contributed by atoms with E-state index in [-0.39, 0.29) is 24.5 Å². The third-order valence-corrected chi connectivity index (χ3v) is 4.82. The molecule has 2 aromatic rings. The molecule has 3 rings (SSSR count). The molecule has 2 amide bonds. The Balaban J connectivity index is 1.46. The van der Waals surface area contributed by atoms with Crippen molar-refractivity contribution in [3.8, 4) is 5.75 Å². The van der Waals surface area contributed by atoms with Crippen molar-refractivity contribution in [2.75, 3.05) is 35.7 Å². The first-order valence-corrected chi connectivity index (χ1v) is 10.8. The fraction of sp³-hybridized carbons (Fsp3) is 0.417. The average molecular weight is 426 g/mol. The van der Waals surface area contributed by atoms with Crippen molar-refractivity contribution in [2.45, 2.75) is 39.2 Å². The van der Waals surface area contributed by atoms with E-state index in [0.717, 1.165) is 25.1 Å². The molecule has 1 heterocycles. The molecule has 7 heteroatoms. The van der Waals surface area contributed by atoms with E-state index in [9.17, 15) is 9.59 Å². The molecule has 1 fully saturated rings. The number of nitrogens with one attached hydrogen (secondary N) is 3. The summed E-state index contributed by atoms with van der Waals surface area (Å²) in [5.74, 6) is 0.812. The fourth-order valence-corrected chi connectivity index (χ4v) is 3.30. The lowest BCUT2D eigenvalue weighted by molar-refractivity contribution is -0.117. The molecule has 1 aliphatic rings. The normalized spacial score (nSPS) is 15.5. The Morgan fingerprint density at radius 3 is 2.35 bits per heavy atom. The van der Waals surface area contributed by atoms with Gasteiger partial charge in [0, 0.05) is 24.4 Å². The summed E-state index contributed by atoms with van der Waals surface area (Å²) in [6.45, 7) is 5.40. The first kappa shape index (κ1) is 22.6. The second-order valence-corrected chi connectivity index (χ2v) is 8.07. The van der Waals surface area contributed by atoms with Gasteiger partial charge < -0.3 is 25.4 Å². The number of carbonyl (C=O) groups excluding carboxylic acids is 2. The number of anilines is 3. The fourth-order valence-electron chi connectivity index (χ4n) is 3.30. The summed E-state index contributed by atoms with van der Waals surface area (Å²) in [7, 11) is 0. The molecule has 0 radical (unpaired) electrons. The van der Waals surface area contributed by atoms with Gasteiger partial charge in [-0.2, -0.15) is 0 Å². The van der Waals surface area contributed by atoms with Gasteiger partial charge in [-0.15, -0.1) is 0 Å². The maximum absolute atomic E-state index is 12.3. The lowest BCUT2D eigenvalue weighted by Gasteiger charge is -2.15. The van der Waals surface area contributed by atoms with Crippen LogP contribution in [0, 0.1) is 5.92 Å². The Labute approximate surface area is 183 Å². The maximum Gasteiger partial charge on any atom is 0.243 e. The smallest absolute Gasteiger partial charge is 0.243 e. The highest BCUT2D eigenvalue weighted by atomic mass is 16.5. The summed E-state index contributed by atoms with van der Waals surface area (Å²) in [4.78, 5) is 24.2. The number of ether oxygens (including phenoxy) is 2. The van der Waals surface area contributed by atoms with Crippen molar-refractivity contribution in [1.29, 1.82) is 0 Å². The van der Waals surface area contributed by atoms with Gasteiger partial charge in [-0.1, -0.05) is 26.0 Å². The van der Waals surface area contributed by atoms with Gasteiger partial charge in [0.1, 0.15) is 12.4 Å². The Hall–Kier alpha value is -3.06. The number of para-hydroxylation sites is 2. The van der Waals surface area contributed by atoms with Crippen molar-refractivity contribution < 1.29 is 19.1 Å². The molecule has 0 saturated carbocycles. The molecule has 2 aromatic carbocycles. The average Bonchev–Trinajstić information content (AvgIpc) is 3.26. The summed E-state index contributed by atoms with van der Waals surface area (Å²) in [5.41, 5.74) is 2.13. The Morgan fingerprint density at radius 2 is 1.71 bits per heavy atom. The number of hydrogen-bond acceptors (Lipinski definition) is 5. The summed E-state index contributed by atoms with van der Waals surface area (Å²) in [6, 6.07) is 14.6. The van der Waals surface area contributed by atoms with E-state index >= 15 is 0 Å². The van der Waals surface area contributed by atoms with Crippen LogP contribution in [0.25, 0.3) is 0 Å². The number of hydrogen-bond donors (Lipinski definition) is 3. The molecule has 3 N–H and O–H groups in total. The summed E-state index contributed by atoms with van der Waals surface area (Å²) in [6.07, 6.45) is 2.69. The van der Waals surface area contributed by atoms with Gasteiger partial charge in [0.2, 0.25) is 11.8 Å². The minimum Gasteiger partial charge on any atom is -0.489 e. The van der Waals surface area contributed by atoms with E-state index in [2.05, 4.69) is 16.0 Å². The zero-order chi connectivity index (χ0) is 22.1. The van der Waals surface area contributed by atoms with E-state index < -0.39 is 0 Å². The van der Waals surface area contributed by atoms with Gasteiger partial charge in [-0.3, -0.25) is 9.59 Å². The Kier molecular flexibility index (Phi) is 8.29. The van der Waals surface area contributed by atoms with Crippen LogP contribution in [0.2, 0.25) is 0 Å². The molecular weight excluding hydrogens is 394 g/mol. The minimum absolute atomic E-state index is 0.0173. The van der Waals surface area contributed by atoms with Crippen LogP contribution in [0.3, 0.4) is 0 Å². The highest BCUT2D eigenvalue weighted by Crippen LogP contribution is 2.25. The van der Waals surface area contributed by atoms with Crippen LogP contribution >= 0.6 is 0 Å². The standard InChI is InChI=1S/C24H31N3O4/c1-17(2)14-23(28)26-18-9-11-19(12-10-18)27-24(29)15-25-21-7-3-4-8-22(21)31-16-20-6-5-13-30-20/h3-4,7-12,17,20,25H,5-6,13-16H2,1-2H3,(H,26,28)(H,27,29). The van der Waals surface area contributed by atoms with E-state index in [1.807, 2.05) is 38.1 Å². The minimum atomic E-state index is -0.175. The second kappa shape index (κ2) is 11.4. The van der Waals surface area contributed by atoms with E-state index in [4.69, 9.17) is 9.47 Å². The van der Waals surface area contributed by atoms with Crippen molar-refractivity contribution in [1.82, 2.24) is 0 Å². The first-order valence-electron chi connectivity index (χ1n) is 10.8. The van der Waals surface area contributed by atoms with Crippen LogP contribution in [0.15, 0.2) is 48.5 Å². The maximum atomic E-state index is 12.3. The molecule has 0 bridgehead atoms. The molecule has 0 spiro atoms. The van der Waals surface area contributed by atoms with Gasteiger partial charge in [0.15, 0.2) is 0 Å². The van der Waals surface area contributed by atoms with Gasteiger partial charge in [-0.25, -0.2) is 0 Å². The van der Waals surface area contributed by atoms with Crippen molar-refractivity contribution >= 4 is 28.9 Å². The molecule has 1 aliphatic heterocycles. The highest BCUT2D eigenvalue weighted by Gasteiger charge is 2.17. The van der Waals surface area contributed by atoms with Crippen LogP contribution in [-0.2, 0) is 14.3 Å². The molecule has 1 atom stereocenters. The molecule has 1 unspecified atom stereocenters. The zero-order valence-electron chi connectivity index (χ0n) is 18.1. The lowest BCUT2D eigenvalue weighted by atomic mass is 10.1.